The van der Waals surface area contributed by atoms with Gasteiger partial charge in [-0.1, -0.05) is 38.1 Å². The van der Waals surface area contributed by atoms with Crippen molar-refractivity contribution >= 4 is 17.5 Å². The molecule has 26 heavy (non-hydrogen) atoms. The summed E-state index contributed by atoms with van der Waals surface area (Å²) in [5, 5.41) is 0. The van der Waals surface area contributed by atoms with Gasteiger partial charge in [-0.2, -0.15) is 0 Å². The highest BCUT2D eigenvalue weighted by Crippen LogP contribution is 2.49. The number of Topliss-reactive ketones (excluding diaryl/α,β-unsaturated/α-hetero) is 2. The molecule has 5 heteroatoms. The van der Waals surface area contributed by atoms with Crippen LogP contribution in [0.3, 0.4) is 0 Å². The molecule has 2 atom stereocenters. The molecule has 0 spiro atoms. The molecule has 136 valence electrons. The minimum atomic E-state index is -0.913. The van der Waals surface area contributed by atoms with Crippen molar-refractivity contribution in [3.63, 3.8) is 0 Å². The molecule has 0 saturated heterocycles. The van der Waals surface area contributed by atoms with Crippen LogP contribution in [0.25, 0.3) is 0 Å². The number of nitrogens with zero attached hydrogens (tertiary/aromatic N) is 1. The molecule has 2 aliphatic heterocycles. The van der Waals surface area contributed by atoms with Crippen molar-refractivity contribution in [3.8, 4) is 0 Å². The van der Waals surface area contributed by atoms with E-state index in [9.17, 15) is 14.4 Å². The molecule has 5 nitrogen and oxygen atoms in total. The topological polar surface area (TPSA) is 63.7 Å². The van der Waals surface area contributed by atoms with Gasteiger partial charge in [-0.05, 0) is 29.4 Å². The molecule has 3 aliphatic rings. The highest BCUT2D eigenvalue weighted by Gasteiger charge is 2.52. The fourth-order valence-corrected chi connectivity index (χ4v) is 4.82. The average Bonchev–Trinajstić information content (AvgIpc) is 2.60. The molecule has 1 aromatic carbocycles. The third-order valence-electron chi connectivity index (χ3n) is 6.06. The molecule has 0 N–H and O–H groups in total. The van der Waals surface area contributed by atoms with Crippen molar-refractivity contribution in [2.45, 2.75) is 39.2 Å². The van der Waals surface area contributed by atoms with Gasteiger partial charge < -0.3 is 9.64 Å². The van der Waals surface area contributed by atoms with E-state index >= 15 is 0 Å². The number of allylic oxidation sites excluding steroid dienone is 2. The zero-order valence-electron chi connectivity index (χ0n) is 15.4. The molecule has 0 aromatic heterocycles. The first-order chi connectivity index (χ1) is 12.3. The van der Waals surface area contributed by atoms with Crippen LogP contribution in [-0.4, -0.2) is 36.1 Å². The molecule has 0 bridgehead atoms. The van der Waals surface area contributed by atoms with Gasteiger partial charge >= 0.3 is 5.97 Å². The minimum Gasteiger partial charge on any atom is -0.468 e. The lowest BCUT2D eigenvalue weighted by atomic mass is 9.64. The van der Waals surface area contributed by atoms with Crippen LogP contribution in [0.15, 0.2) is 35.5 Å². The van der Waals surface area contributed by atoms with Gasteiger partial charge in [0.2, 0.25) is 0 Å². The van der Waals surface area contributed by atoms with Crippen LogP contribution in [0.5, 0.6) is 0 Å². The molecule has 0 saturated carbocycles. The molecular weight excluding hydrogens is 330 g/mol. The maximum atomic E-state index is 13.1. The number of methoxy groups -OCH3 is 1. The summed E-state index contributed by atoms with van der Waals surface area (Å²) in [5.41, 5.74) is 2.92. The number of ether oxygens (including phenoxy) is 1. The Bertz CT molecular complexity index is 851. The van der Waals surface area contributed by atoms with Gasteiger partial charge in [0.05, 0.1) is 18.7 Å². The molecule has 4 rings (SSSR count). The van der Waals surface area contributed by atoms with Gasteiger partial charge in [-0.3, -0.25) is 14.4 Å². The number of hydrogen-bond acceptors (Lipinski definition) is 5. The number of hydrogen-bond donors (Lipinski definition) is 0. The summed E-state index contributed by atoms with van der Waals surface area (Å²) in [4.78, 5) is 40.5. The Balaban J connectivity index is 1.81. The Morgan fingerprint density at radius 3 is 2.69 bits per heavy atom. The number of esters is 1. The summed E-state index contributed by atoms with van der Waals surface area (Å²) in [7, 11) is 1.29. The van der Waals surface area contributed by atoms with Crippen molar-refractivity contribution < 1.29 is 19.1 Å². The summed E-state index contributed by atoms with van der Waals surface area (Å²) in [5.74, 6) is -1.98. The van der Waals surface area contributed by atoms with E-state index in [0.717, 1.165) is 18.7 Å². The fraction of sp³-hybridized carbons (Fsp3) is 0.476. The smallest absolute Gasteiger partial charge is 0.317 e. The van der Waals surface area contributed by atoms with Crippen LogP contribution in [0.4, 0.5) is 0 Å². The first-order valence-electron chi connectivity index (χ1n) is 9.08. The SMILES string of the molecule is COC(=O)[C@@H]1C(=O)C2=C(CC1(C)C)N1CCc3ccccc3[C@H]1CC2=O. The average molecular weight is 353 g/mol. The van der Waals surface area contributed by atoms with Crippen molar-refractivity contribution in [2.75, 3.05) is 13.7 Å². The molecule has 0 fully saturated rings. The molecule has 0 radical (unpaired) electrons. The molecular formula is C21H23NO4. The number of carbonyl (C=O) groups is 3. The van der Waals surface area contributed by atoms with Crippen molar-refractivity contribution in [2.24, 2.45) is 11.3 Å². The number of fused-ring (bicyclic) bond motifs is 4. The quantitative estimate of drug-likeness (QED) is 0.441. The number of ketones is 2. The number of carbonyl (C=O) groups excluding carboxylic acids is 3. The Kier molecular flexibility index (Phi) is 3.79. The van der Waals surface area contributed by atoms with Gasteiger partial charge in [0, 0.05) is 18.7 Å². The standard InChI is InChI=1S/C21H23NO4/c1-21(2)11-15-17(19(24)18(21)20(25)26-3)16(23)10-14-13-7-5-4-6-12(13)8-9-22(14)15/h4-7,14,18H,8-11H2,1-3H3/t14-,18+/m1/s1. The zero-order valence-corrected chi connectivity index (χ0v) is 15.4. The second-order valence-electron chi connectivity index (χ2n) is 8.09. The van der Waals surface area contributed by atoms with Gasteiger partial charge in [0.15, 0.2) is 11.6 Å². The normalized spacial score (nSPS) is 26.8. The van der Waals surface area contributed by atoms with Crippen LogP contribution in [0.1, 0.15) is 43.9 Å². The van der Waals surface area contributed by atoms with E-state index in [-0.39, 0.29) is 29.6 Å². The summed E-state index contributed by atoms with van der Waals surface area (Å²) in [6.07, 6.45) is 1.71. The number of benzene rings is 1. The van der Waals surface area contributed by atoms with E-state index in [1.54, 1.807) is 0 Å². The third kappa shape index (κ3) is 2.33. The van der Waals surface area contributed by atoms with E-state index < -0.39 is 17.3 Å². The van der Waals surface area contributed by atoms with E-state index in [0.29, 0.717) is 6.42 Å². The van der Waals surface area contributed by atoms with Gasteiger partial charge in [0.25, 0.3) is 0 Å². The maximum absolute atomic E-state index is 13.1. The Morgan fingerprint density at radius 1 is 1.23 bits per heavy atom. The predicted molar refractivity (Wildman–Crippen MR) is 95.2 cm³/mol. The van der Waals surface area contributed by atoms with Crippen LogP contribution >= 0.6 is 0 Å². The largest absolute Gasteiger partial charge is 0.468 e. The Labute approximate surface area is 153 Å². The van der Waals surface area contributed by atoms with Gasteiger partial charge in [0.1, 0.15) is 5.92 Å². The lowest BCUT2D eigenvalue weighted by Gasteiger charge is -2.48. The van der Waals surface area contributed by atoms with Crippen LogP contribution < -0.4 is 0 Å². The molecule has 0 amide bonds. The van der Waals surface area contributed by atoms with E-state index in [2.05, 4.69) is 17.0 Å². The van der Waals surface area contributed by atoms with E-state index in [4.69, 9.17) is 4.74 Å². The fourth-order valence-electron chi connectivity index (χ4n) is 4.82. The summed E-state index contributed by atoms with van der Waals surface area (Å²) < 4.78 is 4.86. The Hall–Kier alpha value is -2.43. The predicted octanol–water partition coefficient (Wildman–Crippen LogP) is 2.60. The molecule has 1 aromatic rings. The Morgan fingerprint density at radius 2 is 1.96 bits per heavy atom. The zero-order chi connectivity index (χ0) is 18.6. The maximum Gasteiger partial charge on any atom is 0.317 e. The highest BCUT2D eigenvalue weighted by molar-refractivity contribution is 6.26. The lowest BCUT2D eigenvalue weighted by molar-refractivity contribution is -0.154. The number of rotatable bonds is 1. The lowest BCUT2D eigenvalue weighted by Crippen LogP contribution is -2.51. The van der Waals surface area contributed by atoms with Crippen LogP contribution in [0.2, 0.25) is 0 Å². The van der Waals surface area contributed by atoms with Crippen molar-refractivity contribution in [1.82, 2.24) is 4.90 Å². The first-order valence-corrected chi connectivity index (χ1v) is 9.08. The minimum absolute atomic E-state index is 0.00974. The van der Waals surface area contributed by atoms with Crippen LogP contribution in [0, 0.1) is 11.3 Å². The molecule has 2 heterocycles. The monoisotopic (exact) mass is 353 g/mol. The van der Waals surface area contributed by atoms with E-state index in [1.165, 1.54) is 18.2 Å². The summed E-state index contributed by atoms with van der Waals surface area (Å²) in [6.45, 7) is 4.60. The van der Waals surface area contributed by atoms with Gasteiger partial charge in [-0.15, -0.1) is 0 Å². The van der Waals surface area contributed by atoms with Crippen molar-refractivity contribution in [1.29, 1.82) is 0 Å². The first kappa shape index (κ1) is 17.0. The third-order valence-corrected chi connectivity index (χ3v) is 6.06. The second kappa shape index (κ2) is 5.79. The van der Waals surface area contributed by atoms with Crippen molar-refractivity contribution in [3.05, 3.63) is 46.7 Å². The van der Waals surface area contributed by atoms with E-state index in [1.807, 2.05) is 26.0 Å². The summed E-state index contributed by atoms with van der Waals surface area (Å²) >= 11 is 0. The summed E-state index contributed by atoms with van der Waals surface area (Å²) in [6, 6.07) is 8.21. The second-order valence-corrected chi connectivity index (χ2v) is 8.09. The molecule has 0 unspecified atom stereocenters. The van der Waals surface area contributed by atoms with Crippen LogP contribution in [-0.2, 0) is 25.5 Å². The highest BCUT2D eigenvalue weighted by atomic mass is 16.5. The molecule has 1 aliphatic carbocycles. The van der Waals surface area contributed by atoms with Gasteiger partial charge in [-0.25, -0.2) is 0 Å².